The van der Waals surface area contributed by atoms with Crippen molar-refractivity contribution in [3.05, 3.63) is 32.2 Å². The Morgan fingerprint density at radius 3 is 3.00 bits per heavy atom. The molecule has 0 bridgehead atoms. The van der Waals surface area contributed by atoms with Gasteiger partial charge in [0, 0.05) is 23.0 Å². The normalized spacial score (nSPS) is 10.5. The van der Waals surface area contributed by atoms with Crippen LogP contribution in [-0.2, 0) is 13.1 Å². The van der Waals surface area contributed by atoms with E-state index in [0.29, 0.717) is 18.8 Å². The standard InChI is InChI=1S/C10H12N4OS2/c1-6-12-3-7(17-6)4-13-10(15)8-5-16-9(2-11)14-8/h3,5H,2,4,11H2,1H3,(H,13,15). The average molecular weight is 268 g/mol. The minimum absolute atomic E-state index is 0.174. The number of aromatic nitrogens is 2. The molecular formula is C10H12N4OS2. The molecule has 0 atom stereocenters. The molecule has 0 aliphatic heterocycles. The smallest absolute Gasteiger partial charge is 0.271 e. The van der Waals surface area contributed by atoms with Crippen molar-refractivity contribution in [3.63, 3.8) is 0 Å². The maximum Gasteiger partial charge on any atom is 0.271 e. The van der Waals surface area contributed by atoms with E-state index in [9.17, 15) is 4.79 Å². The van der Waals surface area contributed by atoms with E-state index < -0.39 is 0 Å². The molecule has 0 saturated heterocycles. The molecule has 0 aliphatic rings. The van der Waals surface area contributed by atoms with Crippen LogP contribution in [-0.4, -0.2) is 15.9 Å². The maximum absolute atomic E-state index is 11.7. The summed E-state index contributed by atoms with van der Waals surface area (Å²) in [5, 5.41) is 6.28. The number of carbonyl (C=O) groups excluding carboxylic acids is 1. The quantitative estimate of drug-likeness (QED) is 0.875. The zero-order valence-corrected chi connectivity index (χ0v) is 10.9. The van der Waals surface area contributed by atoms with Crippen LogP contribution in [0.25, 0.3) is 0 Å². The summed E-state index contributed by atoms with van der Waals surface area (Å²) in [7, 11) is 0. The van der Waals surface area contributed by atoms with E-state index in [1.165, 1.54) is 11.3 Å². The SMILES string of the molecule is Cc1ncc(CNC(=O)c2csc(CN)n2)s1. The van der Waals surface area contributed by atoms with Crippen LogP contribution in [0.3, 0.4) is 0 Å². The van der Waals surface area contributed by atoms with Crippen LogP contribution in [0.4, 0.5) is 0 Å². The Morgan fingerprint density at radius 1 is 1.59 bits per heavy atom. The van der Waals surface area contributed by atoms with Crippen LogP contribution in [0.2, 0.25) is 0 Å². The average Bonchev–Trinajstić information content (AvgIpc) is 2.94. The number of amides is 1. The molecule has 0 spiro atoms. The van der Waals surface area contributed by atoms with Gasteiger partial charge in [-0.3, -0.25) is 4.79 Å². The lowest BCUT2D eigenvalue weighted by Crippen LogP contribution is -2.22. The van der Waals surface area contributed by atoms with E-state index >= 15 is 0 Å². The summed E-state index contributed by atoms with van der Waals surface area (Å²) < 4.78 is 0. The highest BCUT2D eigenvalue weighted by Gasteiger charge is 2.10. The van der Waals surface area contributed by atoms with Gasteiger partial charge in [-0.05, 0) is 6.92 Å². The first-order valence-corrected chi connectivity index (χ1v) is 6.72. The van der Waals surface area contributed by atoms with Crippen LogP contribution in [0.15, 0.2) is 11.6 Å². The lowest BCUT2D eigenvalue weighted by Gasteiger charge is -1.99. The van der Waals surface area contributed by atoms with Crippen molar-refractivity contribution in [2.45, 2.75) is 20.0 Å². The monoisotopic (exact) mass is 268 g/mol. The van der Waals surface area contributed by atoms with Gasteiger partial charge < -0.3 is 11.1 Å². The summed E-state index contributed by atoms with van der Waals surface area (Å²) in [6.07, 6.45) is 1.77. The molecule has 7 heteroatoms. The maximum atomic E-state index is 11.7. The fourth-order valence-electron chi connectivity index (χ4n) is 1.25. The van der Waals surface area contributed by atoms with Gasteiger partial charge in [0.2, 0.25) is 0 Å². The Morgan fingerprint density at radius 2 is 2.41 bits per heavy atom. The van der Waals surface area contributed by atoms with Crippen molar-refractivity contribution in [1.29, 1.82) is 0 Å². The molecular weight excluding hydrogens is 256 g/mol. The minimum atomic E-state index is -0.174. The number of nitrogens with one attached hydrogen (secondary N) is 1. The minimum Gasteiger partial charge on any atom is -0.346 e. The summed E-state index contributed by atoms with van der Waals surface area (Å²) in [5.74, 6) is -0.174. The molecule has 2 aromatic heterocycles. The first kappa shape index (κ1) is 12.2. The second-order valence-electron chi connectivity index (χ2n) is 3.36. The third-order valence-electron chi connectivity index (χ3n) is 2.05. The number of nitrogens with zero attached hydrogens (tertiary/aromatic N) is 2. The number of carbonyl (C=O) groups is 1. The van der Waals surface area contributed by atoms with Gasteiger partial charge in [-0.2, -0.15) is 0 Å². The molecule has 17 heavy (non-hydrogen) atoms. The van der Waals surface area contributed by atoms with Gasteiger partial charge in [-0.1, -0.05) is 0 Å². The Bertz CT molecular complexity index is 520. The Labute approximate surface area is 107 Å². The summed E-state index contributed by atoms with van der Waals surface area (Å²) in [6.45, 7) is 2.79. The molecule has 0 saturated carbocycles. The molecule has 5 nitrogen and oxygen atoms in total. The van der Waals surface area contributed by atoms with Crippen molar-refractivity contribution < 1.29 is 4.79 Å². The van der Waals surface area contributed by atoms with Crippen molar-refractivity contribution >= 4 is 28.6 Å². The van der Waals surface area contributed by atoms with Crippen LogP contribution in [0.1, 0.15) is 25.4 Å². The lowest BCUT2D eigenvalue weighted by molar-refractivity contribution is 0.0947. The number of aryl methyl sites for hydroxylation is 1. The van der Waals surface area contributed by atoms with Crippen LogP contribution in [0.5, 0.6) is 0 Å². The van der Waals surface area contributed by atoms with Gasteiger partial charge >= 0.3 is 0 Å². The van der Waals surface area contributed by atoms with Gasteiger partial charge in [-0.15, -0.1) is 22.7 Å². The third-order valence-corrected chi connectivity index (χ3v) is 3.84. The highest BCUT2D eigenvalue weighted by atomic mass is 32.1. The molecule has 2 heterocycles. The van der Waals surface area contributed by atoms with Gasteiger partial charge in [-0.25, -0.2) is 9.97 Å². The Balaban J connectivity index is 1.93. The van der Waals surface area contributed by atoms with E-state index in [1.54, 1.807) is 22.9 Å². The molecule has 0 aromatic carbocycles. The van der Waals surface area contributed by atoms with E-state index in [4.69, 9.17) is 5.73 Å². The van der Waals surface area contributed by atoms with Gasteiger partial charge in [0.05, 0.1) is 11.6 Å². The molecule has 2 rings (SSSR count). The molecule has 0 unspecified atom stereocenters. The number of rotatable bonds is 4. The summed E-state index contributed by atoms with van der Waals surface area (Å²) >= 11 is 2.97. The fraction of sp³-hybridized carbons (Fsp3) is 0.300. The zero-order valence-electron chi connectivity index (χ0n) is 9.27. The number of nitrogens with two attached hydrogens (primary N) is 1. The number of hydrogen-bond acceptors (Lipinski definition) is 6. The van der Waals surface area contributed by atoms with Crippen molar-refractivity contribution in [3.8, 4) is 0 Å². The van der Waals surface area contributed by atoms with Crippen molar-refractivity contribution in [1.82, 2.24) is 15.3 Å². The predicted molar refractivity (Wildman–Crippen MR) is 68.0 cm³/mol. The van der Waals surface area contributed by atoms with Crippen LogP contribution in [0, 0.1) is 6.92 Å². The molecule has 0 fully saturated rings. The van der Waals surface area contributed by atoms with Gasteiger partial charge in [0.1, 0.15) is 10.7 Å². The lowest BCUT2D eigenvalue weighted by atomic mass is 10.4. The highest BCUT2D eigenvalue weighted by molar-refractivity contribution is 7.11. The van der Waals surface area contributed by atoms with E-state index in [-0.39, 0.29) is 5.91 Å². The molecule has 3 N–H and O–H groups in total. The summed E-state index contributed by atoms with van der Waals surface area (Å²) in [5.41, 5.74) is 5.87. The summed E-state index contributed by atoms with van der Waals surface area (Å²) in [4.78, 5) is 21.0. The highest BCUT2D eigenvalue weighted by Crippen LogP contribution is 2.12. The third kappa shape index (κ3) is 3.09. The van der Waals surface area contributed by atoms with Crippen LogP contribution >= 0.6 is 22.7 Å². The van der Waals surface area contributed by atoms with E-state index in [1.807, 2.05) is 6.92 Å². The zero-order chi connectivity index (χ0) is 12.3. The summed E-state index contributed by atoms with van der Waals surface area (Å²) in [6, 6.07) is 0. The Hall–Kier alpha value is -1.31. The molecule has 90 valence electrons. The van der Waals surface area contributed by atoms with E-state index in [2.05, 4.69) is 15.3 Å². The first-order chi connectivity index (χ1) is 8.19. The Kier molecular flexibility index (Phi) is 3.82. The molecule has 1 amide bonds. The van der Waals surface area contributed by atoms with Gasteiger partial charge in [0.25, 0.3) is 5.91 Å². The topological polar surface area (TPSA) is 80.9 Å². The predicted octanol–water partition coefficient (Wildman–Crippen LogP) is 1.30. The van der Waals surface area contributed by atoms with Crippen molar-refractivity contribution in [2.75, 3.05) is 0 Å². The molecule has 2 aromatic rings. The first-order valence-electron chi connectivity index (χ1n) is 5.03. The van der Waals surface area contributed by atoms with Crippen LogP contribution < -0.4 is 11.1 Å². The van der Waals surface area contributed by atoms with Crippen molar-refractivity contribution in [2.24, 2.45) is 5.73 Å². The number of hydrogen-bond donors (Lipinski definition) is 2. The fourth-order valence-corrected chi connectivity index (χ4v) is 2.64. The molecule has 0 radical (unpaired) electrons. The van der Waals surface area contributed by atoms with Gasteiger partial charge in [0.15, 0.2) is 0 Å². The second-order valence-corrected chi connectivity index (χ2v) is 5.62. The van der Waals surface area contributed by atoms with E-state index in [0.717, 1.165) is 14.9 Å². The molecule has 0 aliphatic carbocycles. The number of thiazole rings is 2. The largest absolute Gasteiger partial charge is 0.346 e. The second kappa shape index (κ2) is 5.35.